The van der Waals surface area contributed by atoms with Crippen LogP contribution in [0.25, 0.3) is 10.8 Å². The second-order valence-electron chi connectivity index (χ2n) is 7.38. The van der Waals surface area contributed by atoms with Crippen LogP contribution in [-0.4, -0.2) is 33.7 Å². The molecule has 5 nitrogen and oxygen atoms in total. The van der Waals surface area contributed by atoms with Gasteiger partial charge in [-0.25, -0.2) is 13.4 Å². The molecule has 0 saturated carbocycles. The Hall–Kier alpha value is -2.13. The van der Waals surface area contributed by atoms with Crippen molar-refractivity contribution in [1.82, 2.24) is 10.6 Å². The first kappa shape index (κ1) is 25.1. The first-order valence-corrected chi connectivity index (χ1v) is 12.1. The average Bonchev–Trinajstić information content (AvgIpc) is 2.71. The smallest absolute Gasteiger partial charge is 0.191 e. The number of nitrogens with one attached hydrogen (secondary N) is 2. The standard InChI is InChI=1S/C24H29N3O2S.HI/c1-4-25-24(27-17-19-12-13-23(18(2)16-19)30(3,28)29)26-15-14-21-10-7-9-20-8-5-6-11-22(20)21;/h5-13,16H,4,14-15,17H2,1-3H3,(H2,25,26,27);1H. The summed E-state index contributed by atoms with van der Waals surface area (Å²) in [5.74, 6) is 0.752. The van der Waals surface area contributed by atoms with Gasteiger partial charge in [0.1, 0.15) is 0 Å². The van der Waals surface area contributed by atoms with Gasteiger partial charge in [0.25, 0.3) is 0 Å². The molecule has 0 spiro atoms. The van der Waals surface area contributed by atoms with Crippen molar-refractivity contribution in [2.24, 2.45) is 4.99 Å². The maximum Gasteiger partial charge on any atom is 0.191 e. The number of hydrogen-bond acceptors (Lipinski definition) is 3. The fraction of sp³-hybridized carbons (Fsp3) is 0.292. The minimum Gasteiger partial charge on any atom is -0.357 e. The van der Waals surface area contributed by atoms with Gasteiger partial charge in [0.15, 0.2) is 15.8 Å². The highest BCUT2D eigenvalue weighted by Crippen LogP contribution is 2.19. The average molecular weight is 551 g/mol. The quantitative estimate of drug-likeness (QED) is 0.259. The van der Waals surface area contributed by atoms with Crippen LogP contribution in [0.3, 0.4) is 0 Å². The lowest BCUT2D eigenvalue weighted by atomic mass is 10.0. The van der Waals surface area contributed by atoms with Gasteiger partial charge >= 0.3 is 0 Å². The van der Waals surface area contributed by atoms with Crippen molar-refractivity contribution in [3.8, 4) is 0 Å². The third-order valence-electron chi connectivity index (χ3n) is 4.97. The van der Waals surface area contributed by atoms with Gasteiger partial charge in [-0.15, -0.1) is 24.0 Å². The normalized spacial score (nSPS) is 11.8. The van der Waals surface area contributed by atoms with E-state index in [1.165, 1.54) is 22.6 Å². The zero-order chi connectivity index (χ0) is 21.6. The number of guanidine groups is 1. The Morgan fingerprint density at radius 3 is 2.45 bits per heavy atom. The summed E-state index contributed by atoms with van der Waals surface area (Å²) in [6.45, 7) is 5.87. The Balaban J connectivity index is 0.00000341. The second kappa shape index (κ2) is 11.5. The molecule has 0 aliphatic rings. The van der Waals surface area contributed by atoms with Gasteiger partial charge < -0.3 is 10.6 Å². The number of aliphatic imine (C=N–C) groups is 1. The topological polar surface area (TPSA) is 70.6 Å². The molecule has 3 rings (SSSR count). The minimum atomic E-state index is -3.20. The molecule has 3 aromatic carbocycles. The van der Waals surface area contributed by atoms with Crippen molar-refractivity contribution in [3.63, 3.8) is 0 Å². The summed E-state index contributed by atoms with van der Waals surface area (Å²) >= 11 is 0. The molecular formula is C24H30IN3O2S. The number of aryl methyl sites for hydroxylation is 1. The predicted molar refractivity (Wildman–Crippen MR) is 140 cm³/mol. The zero-order valence-corrected chi connectivity index (χ0v) is 21.3. The van der Waals surface area contributed by atoms with Gasteiger partial charge in [0.2, 0.25) is 0 Å². The molecule has 0 amide bonds. The number of fused-ring (bicyclic) bond motifs is 1. The molecule has 0 bridgehead atoms. The van der Waals surface area contributed by atoms with Crippen LogP contribution in [0.15, 0.2) is 70.6 Å². The van der Waals surface area contributed by atoms with Gasteiger partial charge in [-0.3, -0.25) is 0 Å². The third-order valence-corrected chi connectivity index (χ3v) is 6.23. The molecule has 0 radical (unpaired) electrons. The highest BCUT2D eigenvalue weighted by Gasteiger charge is 2.10. The molecule has 0 fully saturated rings. The first-order chi connectivity index (χ1) is 14.4. The number of sulfone groups is 1. The highest BCUT2D eigenvalue weighted by atomic mass is 127. The molecule has 0 aliphatic carbocycles. The zero-order valence-electron chi connectivity index (χ0n) is 18.2. The first-order valence-electron chi connectivity index (χ1n) is 10.2. The number of rotatable bonds is 7. The summed E-state index contributed by atoms with van der Waals surface area (Å²) < 4.78 is 23.6. The molecule has 0 aromatic heterocycles. The lowest BCUT2D eigenvalue weighted by Crippen LogP contribution is -2.38. The van der Waals surface area contributed by atoms with Crippen LogP contribution in [0.5, 0.6) is 0 Å². The fourth-order valence-corrected chi connectivity index (χ4v) is 4.52. The van der Waals surface area contributed by atoms with Crippen LogP contribution in [0.4, 0.5) is 0 Å². The lowest BCUT2D eigenvalue weighted by molar-refractivity contribution is 0.601. The number of nitrogens with zero attached hydrogens (tertiary/aromatic N) is 1. The molecule has 2 N–H and O–H groups in total. The van der Waals surface area contributed by atoms with Crippen LogP contribution in [0.2, 0.25) is 0 Å². The largest absolute Gasteiger partial charge is 0.357 e. The number of benzene rings is 3. The van der Waals surface area contributed by atoms with Crippen molar-refractivity contribution < 1.29 is 8.42 Å². The van der Waals surface area contributed by atoms with Crippen LogP contribution in [0, 0.1) is 6.92 Å². The Bertz CT molecular complexity index is 1160. The van der Waals surface area contributed by atoms with Crippen LogP contribution in [-0.2, 0) is 22.8 Å². The summed E-state index contributed by atoms with van der Waals surface area (Å²) in [6.07, 6.45) is 2.13. The molecule has 0 aliphatic heterocycles. The Labute approximate surface area is 202 Å². The van der Waals surface area contributed by atoms with E-state index < -0.39 is 9.84 Å². The molecule has 7 heteroatoms. The summed E-state index contributed by atoms with van der Waals surface area (Å²) in [6, 6.07) is 20.2. The Kier molecular flexibility index (Phi) is 9.31. The summed E-state index contributed by atoms with van der Waals surface area (Å²) in [4.78, 5) is 5.03. The number of hydrogen-bond donors (Lipinski definition) is 2. The van der Waals surface area contributed by atoms with E-state index in [1.807, 2.05) is 26.0 Å². The lowest BCUT2D eigenvalue weighted by Gasteiger charge is -2.13. The van der Waals surface area contributed by atoms with E-state index in [1.54, 1.807) is 6.07 Å². The number of halogens is 1. The van der Waals surface area contributed by atoms with Crippen LogP contribution < -0.4 is 10.6 Å². The van der Waals surface area contributed by atoms with Crippen molar-refractivity contribution in [3.05, 3.63) is 77.4 Å². The van der Waals surface area contributed by atoms with E-state index in [9.17, 15) is 8.42 Å². The SMILES string of the molecule is CCNC(=NCc1ccc(S(C)(=O)=O)c(C)c1)NCCc1cccc2ccccc12.I. The molecule has 0 heterocycles. The van der Waals surface area contributed by atoms with E-state index in [-0.39, 0.29) is 24.0 Å². The summed E-state index contributed by atoms with van der Waals surface area (Å²) in [7, 11) is -3.20. The van der Waals surface area contributed by atoms with E-state index >= 15 is 0 Å². The molecule has 0 unspecified atom stereocenters. The molecule has 31 heavy (non-hydrogen) atoms. The molecule has 0 saturated heterocycles. The monoisotopic (exact) mass is 551 g/mol. The second-order valence-corrected chi connectivity index (χ2v) is 9.37. The van der Waals surface area contributed by atoms with E-state index in [2.05, 4.69) is 58.1 Å². The van der Waals surface area contributed by atoms with Crippen LogP contribution in [0.1, 0.15) is 23.6 Å². The van der Waals surface area contributed by atoms with Gasteiger partial charge in [-0.05, 0) is 53.8 Å². The maximum absolute atomic E-state index is 11.8. The minimum absolute atomic E-state index is 0. The third kappa shape index (κ3) is 6.93. The van der Waals surface area contributed by atoms with Crippen molar-refractivity contribution in [2.45, 2.75) is 31.7 Å². The van der Waals surface area contributed by atoms with E-state index in [4.69, 9.17) is 0 Å². The molecule has 3 aromatic rings. The van der Waals surface area contributed by atoms with Gasteiger partial charge in [0.05, 0.1) is 11.4 Å². The van der Waals surface area contributed by atoms with Gasteiger partial charge in [-0.2, -0.15) is 0 Å². The maximum atomic E-state index is 11.8. The van der Waals surface area contributed by atoms with Crippen molar-refractivity contribution >= 4 is 50.5 Å². The highest BCUT2D eigenvalue weighted by molar-refractivity contribution is 14.0. The predicted octanol–water partition coefficient (Wildman–Crippen LogP) is 4.47. The molecule has 166 valence electrons. The van der Waals surface area contributed by atoms with Crippen LogP contribution >= 0.6 is 24.0 Å². The Morgan fingerprint density at radius 1 is 1.00 bits per heavy atom. The van der Waals surface area contributed by atoms with Gasteiger partial charge in [0, 0.05) is 19.3 Å². The Morgan fingerprint density at radius 2 is 1.74 bits per heavy atom. The molecular weight excluding hydrogens is 521 g/mol. The van der Waals surface area contributed by atoms with E-state index in [0.29, 0.717) is 11.4 Å². The summed E-state index contributed by atoms with van der Waals surface area (Å²) in [5, 5.41) is 9.20. The van der Waals surface area contributed by atoms with Crippen molar-refractivity contribution in [2.75, 3.05) is 19.3 Å². The van der Waals surface area contributed by atoms with Gasteiger partial charge in [-0.1, -0.05) is 54.6 Å². The fourth-order valence-electron chi connectivity index (χ4n) is 3.56. The van der Waals surface area contributed by atoms with E-state index in [0.717, 1.165) is 36.6 Å². The summed E-state index contributed by atoms with van der Waals surface area (Å²) in [5.41, 5.74) is 3.04. The van der Waals surface area contributed by atoms with Crippen molar-refractivity contribution in [1.29, 1.82) is 0 Å². The molecule has 0 atom stereocenters.